The predicted molar refractivity (Wildman–Crippen MR) is 147 cm³/mol. The largest absolute Gasteiger partial charge is 0.369 e. The van der Waals surface area contributed by atoms with Crippen molar-refractivity contribution in [2.45, 2.75) is 58.5 Å². The Bertz CT molecular complexity index is 1230. The molecule has 11 heteroatoms. The van der Waals surface area contributed by atoms with Crippen molar-refractivity contribution >= 4 is 31.5 Å². The smallest absolute Gasteiger partial charge is 0.237 e. The quantitative estimate of drug-likeness (QED) is 0.473. The second kappa shape index (κ2) is 10.1. The van der Waals surface area contributed by atoms with Crippen molar-refractivity contribution in [3.8, 4) is 0 Å². The van der Waals surface area contributed by atoms with E-state index in [1.807, 2.05) is 12.1 Å². The van der Waals surface area contributed by atoms with Crippen LogP contribution in [-0.2, 0) is 24.7 Å². The zero-order chi connectivity index (χ0) is 27.2. The number of nitrogens with one attached hydrogen (secondary N) is 1. The average Bonchev–Trinajstić information content (AvgIpc) is 3.17. The van der Waals surface area contributed by atoms with Crippen molar-refractivity contribution in [1.82, 2.24) is 9.62 Å². The van der Waals surface area contributed by atoms with Crippen LogP contribution < -0.4 is 16.0 Å². The van der Waals surface area contributed by atoms with Gasteiger partial charge in [-0.3, -0.25) is 4.79 Å². The molecule has 1 aromatic rings. The number of para-hydroxylation sites is 1. The summed E-state index contributed by atoms with van der Waals surface area (Å²) in [4.78, 5) is 15.2. The number of fused-ring (bicyclic) bond motifs is 2. The van der Waals surface area contributed by atoms with E-state index in [0.717, 1.165) is 24.8 Å². The fourth-order valence-corrected chi connectivity index (χ4v) is 9.87. The number of hydrogen-bond acceptors (Lipinski definition) is 7. The number of carbonyl (C=O) groups excluding carboxylic acids is 1. The van der Waals surface area contributed by atoms with Crippen LogP contribution in [0.2, 0.25) is 0 Å². The molecule has 1 heterocycles. The lowest BCUT2D eigenvalue weighted by Crippen LogP contribution is -2.57. The van der Waals surface area contributed by atoms with Crippen LogP contribution in [0.25, 0.3) is 0 Å². The number of nitrogens with two attached hydrogens (primary N) is 1. The number of carbonyl (C=O) groups is 1. The van der Waals surface area contributed by atoms with E-state index in [9.17, 15) is 21.6 Å². The molecule has 4 rings (SSSR count). The Labute approximate surface area is 222 Å². The van der Waals surface area contributed by atoms with Crippen molar-refractivity contribution in [2.24, 2.45) is 22.5 Å². The van der Waals surface area contributed by atoms with Crippen LogP contribution in [0.15, 0.2) is 24.3 Å². The van der Waals surface area contributed by atoms with E-state index in [4.69, 9.17) is 5.73 Å². The van der Waals surface area contributed by atoms with Gasteiger partial charge < -0.3 is 16.0 Å². The van der Waals surface area contributed by atoms with Crippen molar-refractivity contribution in [3.63, 3.8) is 0 Å². The van der Waals surface area contributed by atoms with E-state index < -0.39 is 37.2 Å². The number of amides is 1. The first-order valence-corrected chi connectivity index (χ1v) is 16.9. The molecule has 37 heavy (non-hydrogen) atoms. The molecule has 0 radical (unpaired) electrons. The molecule has 3 aliphatic rings. The topological polar surface area (TPSA) is 130 Å². The average molecular weight is 555 g/mol. The number of rotatable bonds is 9. The third-order valence-corrected chi connectivity index (χ3v) is 12.4. The summed E-state index contributed by atoms with van der Waals surface area (Å²) in [6.07, 6.45) is 3.55. The first-order valence-electron chi connectivity index (χ1n) is 13.2. The Kier molecular flexibility index (Phi) is 7.75. The summed E-state index contributed by atoms with van der Waals surface area (Å²) >= 11 is 0. The van der Waals surface area contributed by atoms with Crippen molar-refractivity contribution < 1.29 is 21.6 Å². The number of aryl methyl sites for hydroxylation is 1. The van der Waals surface area contributed by atoms with Gasteiger partial charge in [0.1, 0.15) is 9.84 Å². The lowest BCUT2D eigenvalue weighted by molar-refractivity contribution is -0.124. The second-order valence-corrected chi connectivity index (χ2v) is 16.1. The highest BCUT2D eigenvalue weighted by Crippen LogP contribution is 2.66. The van der Waals surface area contributed by atoms with Crippen molar-refractivity contribution in [1.29, 1.82) is 0 Å². The van der Waals surface area contributed by atoms with E-state index >= 15 is 0 Å². The zero-order valence-electron chi connectivity index (χ0n) is 22.4. The molecular formula is C26H42N4O5S2. The third kappa shape index (κ3) is 5.55. The highest BCUT2D eigenvalue weighted by Gasteiger charge is 2.65. The standard InChI is InChI=1S/C26H42N4O5S2/c1-19-7-5-6-8-22(19)29-12-14-30(15-13-29)37(34,35)18-26-11-9-20(25(26,2)3)17-23(26)28-24(31)21(27)10-16-36(4,32)33/h5-8,20-21,23H,9-18,27H2,1-4H3,(H,28,31)/t20-,21+,23?,26-/m1/s1. The summed E-state index contributed by atoms with van der Waals surface area (Å²) in [5, 5.41) is 3.05. The Morgan fingerprint density at radius 2 is 1.78 bits per heavy atom. The number of benzene rings is 1. The Morgan fingerprint density at radius 1 is 1.14 bits per heavy atom. The Morgan fingerprint density at radius 3 is 2.38 bits per heavy atom. The molecule has 2 aliphatic carbocycles. The minimum atomic E-state index is -3.57. The molecule has 0 spiro atoms. The molecule has 9 nitrogen and oxygen atoms in total. The minimum Gasteiger partial charge on any atom is -0.369 e. The van der Waals surface area contributed by atoms with Gasteiger partial charge in [-0.15, -0.1) is 0 Å². The minimum absolute atomic E-state index is 0.00259. The third-order valence-electron chi connectivity index (χ3n) is 9.41. The van der Waals surface area contributed by atoms with Crippen molar-refractivity contribution in [2.75, 3.05) is 48.8 Å². The van der Waals surface area contributed by atoms with Gasteiger partial charge >= 0.3 is 0 Å². The van der Waals surface area contributed by atoms with Crippen LogP contribution in [0.1, 0.15) is 45.1 Å². The lowest BCUT2D eigenvalue weighted by Gasteiger charge is -2.44. The summed E-state index contributed by atoms with van der Waals surface area (Å²) in [5.41, 5.74) is 7.50. The van der Waals surface area contributed by atoms with Gasteiger partial charge in [-0.1, -0.05) is 32.0 Å². The van der Waals surface area contributed by atoms with Gasteiger partial charge in [-0.25, -0.2) is 16.8 Å². The molecule has 4 atom stereocenters. The first-order chi connectivity index (χ1) is 17.2. The lowest BCUT2D eigenvalue weighted by atomic mass is 9.69. The molecule has 0 aromatic heterocycles. The molecular weight excluding hydrogens is 512 g/mol. The van der Waals surface area contributed by atoms with Gasteiger partial charge in [0.25, 0.3) is 0 Å². The monoisotopic (exact) mass is 554 g/mol. The molecule has 1 aromatic carbocycles. The number of anilines is 1. The van der Waals surface area contributed by atoms with Crippen LogP contribution in [0.5, 0.6) is 0 Å². The van der Waals surface area contributed by atoms with Crippen LogP contribution in [0.3, 0.4) is 0 Å². The van der Waals surface area contributed by atoms with Gasteiger partial charge in [-0.2, -0.15) is 4.31 Å². The Balaban J connectivity index is 1.46. The Hall–Kier alpha value is -1.69. The predicted octanol–water partition coefficient (Wildman–Crippen LogP) is 1.52. The summed E-state index contributed by atoms with van der Waals surface area (Å²) < 4.78 is 52.2. The second-order valence-electron chi connectivity index (χ2n) is 11.9. The van der Waals surface area contributed by atoms with E-state index in [1.165, 1.54) is 5.56 Å². The number of nitrogens with zero attached hydrogens (tertiary/aromatic N) is 2. The van der Waals surface area contributed by atoms with Crippen molar-refractivity contribution in [3.05, 3.63) is 29.8 Å². The van der Waals surface area contributed by atoms with E-state index in [-0.39, 0.29) is 29.4 Å². The van der Waals surface area contributed by atoms with Crippen LogP contribution in [-0.4, -0.2) is 83.1 Å². The number of piperazine rings is 1. The maximum atomic E-state index is 13.8. The van der Waals surface area contributed by atoms with E-state index in [0.29, 0.717) is 38.5 Å². The van der Waals surface area contributed by atoms with E-state index in [2.05, 4.69) is 43.1 Å². The fourth-order valence-electron chi connectivity index (χ4n) is 6.92. The fraction of sp³-hybridized carbons (Fsp3) is 0.731. The van der Waals surface area contributed by atoms with E-state index in [1.54, 1.807) is 4.31 Å². The highest BCUT2D eigenvalue weighted by atomic mass is 32.2. The van der Waals surface area contributed by atoms with Crippen LogP contribution >= 0.6 is 0 Å². The molecule has 2 bridgehead atoms. The molecule has 1 aliphatic heterocycles. The normalized spacial score (nSPS) is 28.8. The van der Waals surface area contributed by atoms with Crippen LogP contribution in [0, 0.1) is 23.7 Å². The first kappa shape index (κ1) is 28.3. The zero-order valence-corrected chi connectivity index (χ0v) is 24.1. The summed E-state index contributed by atoms with van der Waals surface area (Å²) in [6, 6.07) is 6.90. The number of hydrogen-bond donors (Lipinski definition) is 2. The molecule has 1 unspecified atom stereocenters. The summed E-state index contributed by atoms with van der Waals surface area (Å²) in [5.74, 6) is -0.245. The molecule has 2 saturated carbocycles. The van der Waals surface area contributed by atoms with Gasteiger partial charge in [0, 0.05) is 49.6 Å². The summed E-state index contributed by atoms with van der Waals surface area (Å²) in [7, 11) is -6.80. The maximum Gasteiger partial charge on any atom is 0.237 e. The molecule has 3 fully saturated rings. The molecule has 1 amide bonds. The highest BCUT2D eigenvalue weighted by molar-refractivity contribution is 7.90. The van der Waals surface area contributed by atoms with Gasteiger partial charge in [0.15, 0.2) is 0 Å². The summed E-state index contributed by atoms with van der Waals surface area (Å²) in [6.45, 7) is 8.47. The van der Waals surface area contributed by atoms with Crippen LogP contribution in [0.4, 0.5) is 5.69 Å². The SMILES string of the molecule is Cc1ccccc1N1CCN(S(=O)(=O)C[C@]23CC[C@H](CC2NC(=O)[C@@H](N)CCS(C)(=O)=O)C3(C)C)CC1. The van der Waals surface area contributed by atoms with Gasteiger partial charge in [-0.05, 0) is 55.6 Å². The molecule has 208 valence electrons. The molecule has 3 N–H and O–H groups in total. The molecule has 1 saturated heterocycles. The van der Waals surface area contributed by atoms with Gasteiger partial charge in [0.2, 0.25) is 15.9 Å². The number of sulfone groups is 1. The number of sulfonamides is 1. The van der Waals surface area contributed by atoms with Gasteiger partial charge in [0.05, 0.1) is 17.5 Å². The maximum absolute atomic E-state index is 13.8.